The lowest BCUT2D eigenvalue weighted by Crippen LogP contribution is -2.45. The van der Waals surface area contributed by atoms with Gasteiger partial charge in [0.15, 0.2) is 11.5 Å². The summed E-state index contributed by atoms with van der Waals surface area (Å²) >= 11 is 0. The maximum absolute atomic E-state index is 5.41. The first kappa shape index (κ1) is 15.1. The van der Waals surface area contributed by atoms with Crippen molar-refractivity contribution in [2.24, 2.45) is 0 Å². The maximum atomic E-state index is 5.41. The van der Waals surface area contributed by atoms with Crippen LogP contribution in [0.15, 0.2) is 12.3 Å². The van der Waals surface area contributed by atoms with Gasteiger partial charge in [0.2, 0.25) is 0 Å². The van der Waals surface area contributed by atoms with Crippen molar-refractivity contribution in [3.63, 3.8) is 0 Å². The SMILES string of the molecule is COc1ccnc(CNC2CCN(C)C(C)C2)c1OC. The zero-order chi connectivity index (χ0) is 14.5. The van der Waals surface area contributed by atoms with E-state index in [4.69, 9.17) is 9.47 Å². The minimum atomic E-state index is 0.541. The first-order valence-electron chi connectivity index (χ1n) is 7.15. The highest BCUT2D eigenvalue weighted by Gasteiger charge is 2.22. The molecule has 2 heterocycles. The summed E-state index contributed by atoms with van der Waals surface area (Å²) in [5, 5.41) is 3.59. The molecule has 2 rings (SSSR count). The molecule has 1 aromatic rings. The third kappa shape index (κ3) is 3.41. The number of ether oxygens (including phenoxy) is 2. The van der Waals surface area contributed by atoms with Crippen LogP contribution in [0.2, 0.25) is 0 Å². The molecule has 5 nitrogen and oxygen atoms in total. The summed E-state index contributed by atoms with van der Waals surface area (Å²) in [4.78, 5) is 6.80. The van der Waals surface area contributed by atoms with Gasteiger partial charge in [-0.25, -0.2) is 0 Å². The number of pyridine rings is 1. The van der Waals surface area contributed by atoms with Crippen molar-refractivity contribution >= 4 is 0 Å². The average Bonchev–Trinajstić information content (AvgIpc) is 2.47. The van der Waals surface area contributed by atoms with Crippen molar-refractivity contribution in [2.75, 3.05) is 27.8 Å². The number of likely N-dealkylation sites (tertiary alicyclic amines) is 1. The Morgan fingerprint density at radius 2 is 2.20 bits per heavy atom. The van der Waals surface area contributed by atoms with Gasteiger partial charge in [0.1, 0.15) is 0 Å². The van der Waals surface area contributed by atoms with Crippen LogP contribution in [0.1, 0.15) is 25.5 Å². The molecule has 1 fully saturated rings. The molecule has 0 radical (unpaired) electrons. The van der Waals surface area contributed by atoms with Crippen LogP contribution in [-0.2, 0) is 6.54 Å². The lowest BCUT2D eigenvalue weighted by atomic mass is 9.99. The normalized spacial score (nSPS) is 23.6. The predicted molar refractivity (Wildman–Crippen MR) is 79.3 cm³/mol. The van der Waals surface area contributed by atoms with Crippen LogP contribution < -0.4 is 14.8 Å². The van der Waals surface area contributed by atoms with Gasteiger partial charge in [0.05, 0.1) is 19.9 Å². The van der Waals surface area contributed by atoms with E-state index in [0.29, 0.717) is 18.6 Å². The zero-order valence-electron chi connectivity index (χ0n) is 12.8. The Morgan fingerprint density at radius 1 is 1.40 bits per heavy atom. The first-order valence-corrected chi connectivity index (χ1v) is 7.15. The summed E-state index contributed by atoms with van der Waals surface area (Å²) < 4.78 is 10.7. The van der Waals surface area contributed by atoms with Gasteiger partial charge in [0, 0.05) is 30.9 Å². The minimum Gasteiger partial charge on any atom is -0.493 e. The van der Waals surface area contributed by atoms with Crippen molar-refractivity contribution in [3.8, 4) is 11.5 Å². The molecule has 1 N–H and O–H groups in total. The van der Waals surface area contributed by atoms with Crippen molar-refractivity contribution < 1.29 is 9.47 Å². The molecule has 5 heteroatoms. The minimum absolute atomic E-state index is 0.541. The predicted octanol–water partition coefficient (Wildman–Crippen LogP) is 1.67. The van der Waals surface area contributed by atoms with E-state index in [1.165, 1.54) is 12.8 Å². The summed E-state index contributed by atoms with van der Waals surface area (Å²) in [6, 6.07) is 2.99. The van der Waals surface area contributed by atoms with E-state index in [1.807, 2.05) is 6.07 Å². The van der Waals surface area contributed by atoms with E-state index >= 15 is 0 Å². The Kier molecular flexibility index (Phi) is 5.20. The van der Waals surface area contributed by atoms with Crippen LogP contribution in [0.5, 0.6) is 11.5 Å². The number of nitrogens with one attached hydrogen (secondary N) is 1. The van der Waals surface area contributed by atoms with E-state index in [9.17, 15) is 0 Å². The molecule has 0 aliphatic carbocycles. The van der Waals surface area contributed by atoms with E-state index in [1.54, 1.807) is 20.4 Å². The number of hydrogen-bond donors (Lipinski definition) is 1. The van der Waals surface area contributed by atoms with Gasteiger partial charge in [-0.05, 0) is 33.4 Å². The third-order valence-electron chi connectivity index (χ3n) is 4.13. The number of hydrogen-bond acceptors (Lipinski definition) is 5. The Labute approximate surface area is 121 Å². The van der Waals surface area contributed by atoms with Crippen LogP contribution in [0.25, 0.3) is 0 Å². The summed E-state index contributed by atoms with van der Waals surface area (Å²) in [5.41, 5.74) is 0.901. The monoisotopic (exact) mass is 279 g/mol. The van der Waals surface area contributed by atoms with Crippen molar-refractivity contribution in [2.45, 2.75) is 38.4 Å². The van der Waals surface area contributed by atoms with Crippen LogP contribution in [0.3, 0.4) is 0 Å². The molecule has 1 aliphatic rings. The van der Waals surface area contributed by atoms with Gasteiger partial charge in [-0.2, -0.15) is 0 Å². The highest BCUT2D eigenvalue weighted by molar-refractivity contribution is 5.42. The van der Waals surface area contributed by atoms with Gasteiger partial charge in [0.25, 0.3) is 0 Å². The van der Waals surface area contributed by atoms with E-state index in [0.717, 1.165) is 23.7 Å². The Morgan fingerprint density at radius 3 is 2.85 bits per heavy atom. The van der Waals surface area contributed by atoms with Gasteiger partial charge >= 0.3 is 0 Å². The number of rotatable bonds is 5. The molecule has 1 aromatic heterocycles. The molecular weight excluding hydrogens is 254 g/mol. The number of methoxy groups -OCH3 is 2. The van der Waals surface area contributed by atoms with Crippen molar-refractivity contribution in [3.05, 3.63) is 18.0 Å². The maximum Gasteiger partial charge on any atom is 0.183 e. The second-order valence-electron chi connectivity index (χ2n) is 5.42. The molecule has 1 aliphatic heterocycles. The van der Waals surface area contributed by atoms with Gasteiger partial charge in [-0.3, -0.25) is 4.98 Å². The summed E-state index contributed by atoms with van der Waals surface area (Å²) in [5.74, 6) is 1.46. The number of piperidine rings is 1. The highest BCUT2D eigenvalue weighted by Crippen LogP contribution is 2.29. The zero-order valence-corrected chi connectivity index (χ0v) is 12.8. The molecule has 112 valence electrons. The average molecular weight is 279 g/mol. The van der Waals surface area contributed by atoms with Crippen LogP contribution >= 0.6 is 0 Å². The van der Waals surface area contributed by atoms with Gasteiger partial charge in [-0.15, -0.1) is 0 Å². The Hall–Kier alpha value is -1.33. The molecule has 0 amide bonds. The van der Waals surface area contributed by atoms with Crippen molar-refractivity contribution in [1.82, 2.24) is 15.2 Å². The molecule has 2 unspecified atom stereocenters. The first-order chi connectivity index (χ1) is 9.65. The number of aromatic nitrogens is 1. The van der Waals surface area contributed by atoms with E-state index in [2.05, 4.69) is 29.2 Å². The van der Waals surface area contributed by atoms with Crippen LogP contribution in [0.4, 0.5) is 0 Å². The van der Waals surface area contributed by atoms with E-state index < -0.39 is 0 Å². The van der Waals surface area contributed by atoms with Gasteiger partial charge in [-0.1, -0.05) is 0 Å². The van der Waals surface area contributed by atoms with E-state index in [-0.39, 0.29) is 0 Å². The molecule has 0 aromatic carbocycles. The molecule has 20 heavy (non-hydrogen) atoms. The third-order valence-corrected chi connectivity index (χ3v) is 4.13. The summed E-state index contributed by atoms with van der Waals surface area (Å²) in [7, 11) is 5.49. The number of nitrogens with zero attached hydrogens (tertiary/aromatic N) is 2. The van der Waals surface area contributed by atoms with Crippen LogP contribution in [-0.4, -0.2) is 49.8 Å². The largest absolute Gasteiger partial charge is 0.493 e. The fraction of sp³-hybridized carbons (Fsp3) is 0.667. The molecular formula is C15H25N3O2. The highest BCUT2D eigenvalue weighted by atomic mass is 16.5. The molecule has 2 atom stereocenters. The molecule has 0 bridgehead atoms. The molecule has 0 saturated carbocycles. The standard InChI is InChI=1S/C15H25N3O2/c1-11-9-12(6-8-18(11)2)17-10-13-15(20-4)14(19-3)5-7-16-13/h5,7,11-12,17H,6,8-10H2,1-4H3. The Balaban J connectivity index is 1.97. The summed E-state index contributed by atoms with van der Waals surface area (Å²) in [6.45, 7) is 4.13. The Bertz CT molecular complexity index is 439. The van der Waals surface area contributed by atoms with Crippen molar-refractivity contribution in [1.29, 1.82) is 0 Å². The lowest BCUT2D eigenvalue weighted by Gasteiger charge is -2.35. The van der Waals surface area contributed by atoms with Crippen LogP contribution in [0, 0.1) is 0 Å². The molecule has 0 spiro atoms. The fourth-order valence-electron chi connectivity index (χ4n) is 2.69. The lowest BCUT2D eigenvalue weighted by molar-refractivity contribution is 0.167. The van der Waals surface area contributed by atoms with Gasteiger partial charge < -0.3 is 19.7 Å². The topological polar surface area (TPSA) is 46.6 Å². The smallest absolute Gasteiger partial charge is 0.183 e. The second-order valence-corrected chi connectivity index (χ2v) is 5.42. The second kappa shape index (κ2) is 6.90. The fourth-order valence-corrected chi connectivity index (χ4v) is 2.69. The molecule has 1 saturated heterocycles. The quantitative estimate of drug-likeness (QED) is 0.888. The summed E-state index contributed by atoms with van der Waals surface area (Å²) in [6.07, 6.45) is 4.10.